The van der Waals surface area contributed by atoms with E-state index in [0.29, 0.717) is 29.9 Å². The molecule has 7 heteroatoms. The zero-order valence-electron chi connectivity index (χ0n) is 20.1. The number of ether oxygens (including phenoxy) is 1. The van der Waals surface area contributed by atoms with Crippen LogP contribution in [0.15, 0.2) is 71.5 Å². The summed E-state index contributed by atoms with van der Waals surface area (Å²) in [7, 11) is 0. The van der Waals surface area contributed by atoms with Crippen LogP contribution >= 0.6 is 0 Å². The highest BCUT2D eigenvalue weighted by molar-refractivity contribution is 5.73. The van der Waals surface area contributed by atoms with Crippen molar-refractivity contribution in [3.05, 3.63) is 111 Å². The van der Waals surface area contributed by atoms with Gasteiger partial charge in [-0.05, 0) is 47.7 Å². The van der Waals surface area contributed by atoms with Crippen molar-refractivity contribution in [1.82, 2.24) is 9.55 Å². The van der Waals surface area contributed by atoms with Crippen molar-refractivity contribution in [3.63, 3.8) is 0 Å². The van der Waals surface area contributed by atoms with E-state index >= 15 is 0 Å². The van der Waals surface area contributed by atoms with Crippen molar-refractivity contribution < 1.29 is 13.5 Å². The van der Waals surface area contributed by atoms with E-state index in [1.807, 2.05) is 50.2 Å². The van der Waals surface area contributed by atoms with Gasteiger partial charge in [-0.15, -0.1) is 0 Å². The molecule has 0 N–H and O–H groups in total. The second-order valence-electron chi connectivity index (χ2n) is 8.29. The molecular weight excluding hydrogens is 460 g/mol. The van der Waals surface area contributed by atoms with Crippen LogP contribution in [0.1, 0.15) is 42.9 Å². The van der Waals surface area contributed by atoms with E-state index in [4.69, 9.17) is 9.72 Å². The number of benzene rings is 3. The Hall–Kier alpha value is -4.31. The summed E-state index contributed by atoms with van der Waals surface area (Å²) >= 11 is 0. The Morgan fingerprint density at radius 3 is 2.44 bits per heavy atom. The number of aromatic nitrogens is 2. The van der Waals surface area contributed by atoms with Crippen LogP contribution in [0.5, 0.6) is 11.5 Å². The molecule has 0 amide bonds. The van der Waals surface area contributed by atoms with Crippen LogP contribution in [-0.2, 0) is 19.4 Å². The topological polar surface area (TPSA) is 67.9 Å². The zero-order chi connectivity index (χ0) is 25.7. The van der Waals surface area contributed by atoms with E-state index in [0.717, 1.165) is 41.3 Å². The predicted octanol–water partition coefficient (Wildman–Crippen LogP) is 6.42. The third kappa shape index (κ3) is 5.03. The summed E-state index contributed by atoms with van der Waals surface area (Å²) in [4.78, 5) is 18.4. The Kier molecular flexibility index (Phi) is 7.55. The van der Waals surface area contributed by atoms with Gasteiger partial charge >= 0.3 is 0 Å². The van der Waals surface area contributed by atoms with Gasteiger partial charge in [0.25, 0.3) is 5.56 Å². The molecule has 0 aliphatic rings. The van der Waals surface area contributed by atoms with Crippen molar-refractivity contribution in [1.29, 1.82) is 5.26 Å². The van der Waals surface area contributed by atoms with E-state index < -0.39 is 17.2 Å². The Labute approximate surface area is 208 Å². The first-order valence-electron chi connectivity index (χ1n) is 11.8. The molecule has 0 unspecified atom stereocenters. The van der Waals surface area contributed by atoms with Crippen molar-refractivity contribution in [2.45, 2.75) is 39.7 Å². The molecule has 0 fully saturated rings. The highest BCUT2D eigenvalue weighted by atomic mass is 19.1. The van der Waals surface area contributed by atoms with Gasteiger partial charge in [0.1, 0.15) is 11.6 Å². The van der Waals surface area contributed by atoms with Gasteiger partial charge in [-0.3, -0.25) is 9.36 Å². The van der Waals surface area contributed by atoms with Crippen LogP contribution in [0.4, 0.5) is 8.78 Å². The number of nitriles is 1. The van der Waals surface area contributed by atoms with Crippen LogP contribution in [0.25, 0.3) is 11.1 Å². The zero-order valence-corrected chi connectivity index (χ0v) is 20.1. The highest BCUT2D eigenvalue weighted by Gasteiger charge is 2.20. The van der Waals surface area contributed by atoms with Gasteiger partial charge in [0.2, 0.25) is 5.75 Å². The third-order valence-corrected chi connectivity index (χ3v) is 5.87. The van der Waals surface area contributed by atoms with Crippen molar-refractivity contribution in [2.75, 3.05) is 0 Å². The first-order valence-corrected chi connectivity index (χ1v) is 11.8. The minimum absolute atomic E-state index is 0.128. The number of aryl methyl sites for hydroxylation is 2. The molecule has 4 aromatic rings. The fourth-order valence-corrected chi connectivity index (χ4v) is 4.12. The molecule has 0 aliphatic carbocycles. The molecule has 0 saturated heterocycles. The van der Waals surface area contributed by atoms with E-state index in [2.05, 4.69) is 6.07 Å². The smallest absolute Gasteiger partial charge is 0.297 e. The minimum atomic E-state index is -0.777. The molecule has 0 radical (unpaired) electrons. The van der Waals surface area contributed by atoms with Crippen molar-refractivity contribution in [3.8, 4) is 28.7 Å². The first kappa shape index (κ1) is 24.8. The summed E-state index contributed by atoms with van der Waals surface area (Å²) in [5.74, 6) is -1.38. The van der Waals surface area contributed by atoms with Gasteiger partial charge in [0.15, 0.2) is 11.6 Å². The maximum Gasteiger partial charge on any atom is 0.297 e. The summed E-state index contributed by atoms with van der Waals surface area (Å²) in [6, 6.07) is 19.9. The maximum absolute atomic E-state index is 14.3. The lowest BCUT2D eigenvalue weighted by Crippen LogP contribution is -2.28. The Balaban J connectivity index is 1.86. The van der Waals surface area contributed by atoms with Gasteiger partial charge in [0.05, 0.1) is 23.9 Å². The van der Waals surface area contributed by atoms with Gasteiger partial charge in [-0.1, -0.05) is 56.3 Å². The van der Waals surface area contributed by atoms with Gasteiger partial charge in [-0.25, -0.2) is 13.8 Å². The molecule has 5 nitrogen and oxygen atoms in total. The summed E-state index contributed by atoms with van der Waals surface area (Å²) in [5, 5.41) is 9.61. The lowest BCUT2D eigenvalue weighted by atomic mass is 9.95. The molecule has 4 rings (SSSR count). The SMILES string of the molecule is CCCc1nc(CC)c(Oc2cc(F)ccc2F)c(=O)n1Cc1ccccc1-c1ccccc1C#N. The van der Waals surface area contributed by atoms with Crippen LogP contribution in [0.2, 0.25) is 0 Å². The molecule has 36 heavy (non-hydrogen) atoms. The quantitative estimate of drug-likeness (QED) is 0.289. The van der Waals surface area contributed by atoms with E-state index in [1.165, 1.54) is 4.57 Å². The molecule has 0 bridgehead atoms. The number of rotatable bonds is 8. The molecule has 1 aromatic heterocycles. The summed E-state index contributed by atoms with van der Waals surface area (Å²) in [6.07, 6.45) is 1.69. The standard InChI is InChI=1S/C29H25F2N3O2/c1-3-9-27-33-25(4-2)28(36-26-16-21(30)14-15-24(26)31)29(35)34(27)18-20-11-6-8-13-23(20)22-12-7-5-10-19(22)17-32/h5-8,10-16H,3-4,9,18H2,1-2H3. The lowest BCUT2D eigenvalue weighted by Gasteiger charge is -2.19. The fraction of sp³-hybridized carbons (Fsp3) is 0.207. The van der Waals surface area contributed by atoms with Crippen LogP contribution < -0.4 is 10.3 Å². The average Bonchev–Trinajstić information content (AvgIpc) is 2.90. The number of halogens is 2. The molecule has 0 aliphatic heterocycles. The van der Waals surface area contributed by atoms with Crippen LogP contribution in [0, 0.1) is 23.0 Å². The van der Waals surface area contributed by atoms with E-state index in [-0.39, 0.29) is 18.0 Å². The Bertz CT molecular complexity index is 1510. The van der Waals surface area contributed by atoms with Crippen molar-refractivity contribution >= 4 is 0 Å². The summed E-state index contributed by atoms with van der Waals surface area (Å²) in [5.41, 5.74) is 2.83. The van der Waals surface area contributed by atoms with Crippen molar-refractivity contribution in [2.24, 2.45) is 0 Å². The lowest BCUT2D eigenvalue weighted by molar-refractivity contribution is 0.416. The minimum Gasteiger partial charge on any atom is -0.446 e. The molecule has 3 aromatic carbocycles. The highest BCUT2D eigenvalue weighted by Crippen LogP contribution is 2.29. The summed E-state index contributed by atoms with van der Waals surface area (Å²) in [6.45, 7) is 3.99. The number of hydrogen-bond acceptors (Lipinski definition) is 4. The molecule has 0 atom stereocenters. The molecule has 182 valence electrons. The van der Waals surface area contributed by atoms with Gasteiger partial charge in [-0.2, -0.15) is 5.26 Å². The normalized spacial score (nSPS) is 10.8. The summed E-state index contributed by atoms with van der Waals surface area (Å²) < 4.78 is 35.3. The van der Waals surface area contributed by atoms with E-state index in [1.54, 1.807) is 12.1 Å². The van der Waals surface area contributed by atoms with Gasteiger partial charge in [0, 0.05) is 12.5 Å². The van der Waals surface area contributed by atoms with Gasteiger partial charge < -0.3 is 4.74 Å². The molecule has 0 saturated carbocycles. The first-order chi connectivity index (χ1) is 17.5. The van der Waals surface area contributed by atoms with E-state index in [9.17, 15) is 18.8 Å². The predicted molar refractivity (Wildman–Crippen MR) is 134 cm³/mol. The Morgan fingerprint density at radius 2 is 1.72 bits per heavy atom. The molecule has 0 spiro atoms. The second kappa shape index (κ2) is 11.0. The maximum atomic E-state index is 14.3. The van der Waals surface area contributed by atoms with Crippen LogP contribution in [-0.4, -0.2) is 9.55 Å². The number of hydrogen-bond donors (Lipinski definition) is 0. The van der Waals surface area contributed by atoms with Crippen LogP contribution in [0.3, 0.4) is 0 Å². The third-order valence-electron chi connectivity index (χ3n) is 5.87. The molecular formula is C29H25F2N3O2. The Morgan fingerprint density at radius 1 is 1.00 bits per heavy atom. The molecule has 1 heterocycles. The largest absolute Gasteiger partial charge is 0.446 e. The monoisotopic (exact) mass is 485 g/mol. The average molecular weight is 486 g/mol. The number of nitrogens with zero attached hydrogens (tertiary/aromatic N) is 3. The second-order valence-corrected chi connectivity index (χ2v) is 8.29. The fourth-order valence-electron chi connectivity index (χ4n) is 4.12.